The van der Waals surface area contributed by atoms with E-state index in [1.807, 2.05) is 25.3 Å². The van der Waals surface area contributed by atoms with E-state index in [1.54, 1.807) is 0 Å². The molecule has 0 amide bonds. The van der Waals surface area contributed by atoms with Crippen LogP contribution in [-0.2, 0) is 6.54 Å². The first-order valence-corrected chi connectivity index (χ1v) is 7.10. The van der Waals surface area contributed by atoms with E-state index in [4.69, 9.17) is 5.73 Å². The van der Waals surface area contributed by atoms with E-state index in [2.05, 4.69) is 54.1 Å². The van der Waals surface area contributed by atoms with Crippen LogP contribution < -0.4 is 10.6 Å². The second kappa shape index (κ2) is 6.53. The van der Waals surface area contributed by atoms with Crippen LogP contribution in [0.25, 0.3) is 0 Å². The minimum Gasteiger partial charge on any atom is -0.350 e. The van der Waals surface area contributed by atoms with E-state index >= 15 is 0 Å². The van der Waals surface area contributed by atoms with Crippen LogP contribution in [0, 0.1) is 0 Å². The van der Waals surface area contributed by atoms with Crippen LogP contribution in [0.15, 0.2) is 48.7 Å². The van der Waals surface area contributed by atoms with Crippen LogP contribution in [0.4, 0.5) is 5.82 Å². The van der Waals surface area contributed by atoms with Gasteiger partial charge in [0.1, 0.15) is 5.82 Å². The highest BCUT2D eigenvalue weighted by molar-refractivity contribution is 5.43. The van der Waals surface area contributed by atoms with Crippen molar-refractivity contribution >= 4 is 5.82 Å². The summed E-state index contributed by atoms with van der Waals surface area (Å²) >= 11 is 0. The van der Waals surface area contributed by atoms with Gasteiger partial charge in [0.05, 0.1) is 0 Å². The van der Waals surface area contributed by atoms with E-state index in [0.29, 0.717) is 6.04 Å². The summed E-state index contributed by atoms with van der Waals surface area (Å²) in [7, 11) is 0. The third-order valence-corrected chi connectivity index (χ3v) is 3.41. The summed E-state index contributed by atoms with van der Waals surface area (Å²) in [6, 6.07) is 14.9. The van der Waals surface area contributed by atoms with Gasteiger partial charge in [-0.2, -0.15) is 0 Å². The van der Waals surface area contributed by atoms with Gasteiger partial charge in [-0.25, -0.2) is 4.98 Å². The number of hydrogen-bond donors (Lipinski definition) is 1. The zero-order valence-corrected chi connectivity index (χ0v) is 12.5. The van der Waals surface area contributed by atoms with E-state index in [9.17, 15) is 0 Å². The predicted molar refractivity (Wildman–Crippen MR) is 84.6 cm³/mol. The first-order valence-electron chi connectivity index (χ1n) is 7.10. The van der Waals surface area contributed by atoms with Crippen LogP contribution in [0.3, 0.4) is 0 Å². The Labute approximate surface area is 121 Å². The molecule has 106 valence electrons. The monoisotopic (exact) mass is 269 g/mol. The Morgan fingerprint density at radius 2 is 1.80 bits per heavy atom. The minimum atomic E-state index is 0.0301. The number of pyridine rings is 1. The van der Waals surface area contributed by atoms with Crippen molar-refractivity contribution in [3.63, 3.8) is 0 Å². The molecule has 0 aliphatic heterocycles. The van der Waals surface area contributed by atoms with Gasteiger partial charge >= 0.3 is 0 Å². The van der Waals surface area contributed by atoms with Crippen LogP contribution in [0.2, 0.25) is 0 Å². The number of aromatic nitrogens is 1. The number of nitrogens with zero attached hydrogens (tertiary/aromatic N) is 2. The molecule has 0 saturated carbocycles. The van der Waals surface area contributed by atoms with Crippen molar-refractivity contribution in [3.8, 4) is 0 Å². The molecule has 0 bridgehead atoms. The van der Waals surface area contributed by atoms with Crippen molar-refractivity contribution in [2.45, 2.75) is 39.4 Å². The number of benzene rings is 1. The lowest BCUT2D eigenvalue weighted by Gasteiger charge is -2.28. The molecule has 2 N–H and O–H groups in total. The largest absolute Gasteiger partial charge is 0.350 e. The van der Waals surface area contributed by atoms with E-state index in [-0.39, 0.29) is 6.04 Å². The van der Waals surface area contributed by atoms with Crippen molar-refractivity contribution < 1.29 is 0 Å². The van der Waals surface area contributed by atoms with Gasteiger partial charge in [-0.15, -0.1) is 0 Å². The first kappa shape index (κ1) is 14.5. The average molecular weight is 269 g/mol. The highest BCUT2D eigenvalue weighted by atomic mass is 15.2. The van der Waals surface area contributed by atoms with E-state index in [1.165, 1.54) is 5.56 Å². The van der Waals surface area contributed by atoms with Crippen molar-refractivity contribution in [1.29, 1.82) is 0 Å². The minimum absolute atomic E-state index is 0.0301. The maximum absolute atomic E-state index is 5.97. The first-order chi connectivity index (χ1) is 9.58. The second-order valence-electron chi connectivity index (χ2n) is 5.44. The second-order valence-corrected chi connectivity index (χ2v) is 5.44. The number of nitrogens with two attached hydrogens (primary N) is 1. The predicted octanol–water partition coefficient (Wildman–Crippen LogP) is 3.52. The molecule has 1 aromatic carbocycles. The smallest absolute Gasteiger partial charge is 0.129 e. The summed E-state index contributed by atoms with van der Waals surface area (Å²) < 4.78 is 0. The summed E-state index contributed by atoms with van der Waals surface area (Å²) in [5.41, 5.74) is 8.37. The van der Waals surface area contributed by atoms with Gasteiger partial charge in [0.2, 0.25) is 0 Å². The fraction of sp³-hybridized carbons (Fsp3) is 0.353. The molecule has 20 heavy (non-hydrogen) atoms. The zero-order valence-electron chi connectivity index (χ0n) is 12.5. The Morgan fingerprint density at radius 1 is 1.10 bits per heavy atom. The number of hydrogen-bond acceptors (Lipinski definition) is 3. The van der Waals surface area contributed by atoms with E-state index in [0.717, 1.165) is 17.9 Å². The Hall–Kier alpha value is -1.87. The third-order valence-electron chi connectivity index (χ3n) is 3.41. The normalized spacial score (nSPS) is 12.4. The molecule has 0 spiro atoms. The van der Waals surface area contributed by atoms with Crippen LogP contribution in [-0.4, -0.2) is 11.0 Å². The van der Waals surface area contributed by atoms with Crippen LogP contribution >= 0.6 is 0 Å². The molecular weight excluding hydrogens is 246 g/mol. The summed E-state index contributed by atoms with van der Waals surface area (Å²) in [5, 5.41) is 0. The highest BCUT2D eigenvalue weighted by Gasteiger charge is 2.13. The topological polar surface area (TPSA) is 42.1 Å². The summed E-state index contributed by atoms with van der Waals surface area (Å²) in [6.07, 6.45) is 1.84. The van der Waals surface area contributed by atoms with Gasteiger partial charge in [0.25, 0.3) is 0 Å². The van der Waals surface area contributed by atoms with Crippen molar-refractivity contribution in [2.24, 2.45) is 5.73 Å². The summed E-state index contributed by atoms with van der Waals surface area (Å²) in [6.45, 7) is 7.22. The molecule has 0 fully saturated rings. The Kier molecular flexibility index (Phi) is 4.74. The van der Waals surface area contributed by atoms with Gasteiger partial charge in [-0.05, 0) is 44.0 Å². The van der Waals surface area contributed by atoms with Gasteiger partial charge in [-0.3, -0.25) is 0 Å². The molecule has 0 radical (unpaired) electrons. The SMILES string of the molecule is CC(C)N(Cc1ccccc1)c1cc([C@H](C)N)ccn1. The fourth-order valence-corrected chi connectivity index (χ4v) is 2.18. The molecule has 2 rings (SSSR count). The van der Waals surface area contributed by atoms with Gasteiger partial charge in [-0.1, -0.05) is 30.3 Å². The Balaban J connectivity index is 2.27. The van der Waals surface area contributed by atoms with Crippen LogP contribution in [0.1, 0.15) is 37.9 Å². The van der Waals surface area contributed by atoms with Crippen molar-refractivity contribution in [3.05, 3.63) is 59.8 Å². The quantitative estimate of drug-likeness (QED) is 0.903. The van der Waals surface area contributed by atoms with E-state index < -0.39 is 0 Å². The Bertz CT molecular complexity index is 535. The highest BCUT2D eigenvalue weighted by Crippen LogP contribution is 2.21. The number of anilines is 1. The van der Waals surface area contributed by atoms with Crippen LogP contribution in [0.5, 0.6) is 0 Å². The molecule has 0 aliphatic rings. The molecule has 1 atom stereocenters. The van der Waals surface area contributed by atoms with Gasteiger partial charge in [0, 0.05) is 24.8 Å². The summed E-state index contributed by atoms with van der Waals surface area (Å²) in [5.74, 6) is 0.985. The molecule has 0 saturated heterocycles. The third kappa shape index (κ3) is 3.58. The molecule has 3 nitrogen and oxygen atoms in total. The fourth-order valence-electron chi connectivity index (χ4n) is 2.18. The maximum atomic E-state index is 5.97. The summed E-state index contributed by atoms with van der Waals surface area (Å²) in [4.78, 5) is 6.80. The lowest BCUT2D eigenvalue weighted by molar-refractivity contribution is 0.670. The average Bonchev–Trinajstić information content (AvgIpc) is 2.45. The number of rotatable bonds is 5. The molecular formula is C17H23N3. The van der Waals surface area contributed by atoms with Crippen molar-refractivity contribution in [1.82, 2.24) is 4.98 Å². The molecule has 3 heteroatoms. The molecule has 1 heterocycles. The Morgan fingerprint density at radius 3 is 2.40 bits per heavy atom. The lowest BCUT2D eigenvalue weighted by atomic mass is 10.1. The van der Waals surface area contributed by atoms with Gasteiger partial charge in [0.15, 0.2) is 0 Å². The zero-order chi connectivity index (χ0) is 14.5. The van der Waals surface area contributed by atoms with Crippen molar-refractivity contribution in [2.75, 3.05) is 4.90 Å². The lowest BCUT2D eigenvalue weighted by Crippen LogP contribution is -2.31. The molecule has 1 aromatic heterocycles. The molecule has 0 aliphatic carbocycles. The molecule has 2 aromatic rings. The molecule has 0 unspecified atom stereocenters. The maximum Gasteiger partial charge on any atom is 0.129 e. The van der Waals surface area contributed by atoms with Gasteiger partial charge < -0.3 is 10.6 Å². The standard InChI is InChI=1S/C17H23N3/c1-13(2)20(12-15-7-5-4-6-8-15)17-11-16(14(3)18)9-10-19-17/h4-11,13-14H,12,18H2,1-3H3/t14-/m0/s1.